The van der Waals surface area contributed by atoms with E-state index in [2.05, 4.69) is 57.0 Å². The maximum absolute atomic E-state index is 13.5. The van der Waals surface area contributed by atoms with Crippen molar-refractivity contribution < 1.29 is 9.59 Å². The third kappa shape index (κ3) is 4.16. The molecule has 2 heterocycles. The highest BCUT2D eigenvalue weighted by molar-refractivity contribution is 7.80. The number of nitrogens with zero attached hydrogens (tertiary/aromatic N) is 2. The van der Waals surface area contributed by atoms with Crippen molar-refractivity contribution in [2.45, 2.75) is 65.8 Å². The zero-order valence-corrected chi connectivity index (χ0v) is 21.7. The van der Waals surface area contributed by atoms with Crippen molar-refractivity contribution in [2.24, 2.45) is 0 Å². The molecular weight excluding hydrogens is 442 g/mol. The van der Waals surface area contributed by atoms with Gasteiger partial charge in [-0.25, -0.2) is 0 Å². The average molecular weight is 476 g/mol. The maximum Gasteiger partial charge on any atom is 0.270 e. The summed E-state index contributed by atoms with van der Waals surface area (Å²) in [6, 6.07) is 12.0. The van der Waals surface area contributed by atoms with Crippen LogP contribution in [0.3, 0.4) is 0 Å². The van der Waals surface area contributed by atoms with Gasteiger partial charge in [0, 0.05) is 17.8 Å². The van der Waals surface area contributed by atoms with E-state index in [1.807, 2.05) is 31.2 Å². The molecule has 0 saturated carbocycles. The van der Waals surface area contributed by atoms with E-state index in [1.165, 1.54) is 21.7 Å². The van der Waals surface area contributed by atoms with E-state index >= 15 is 0 Å². The van der Waals surface area contributed by atoms with Gasteiger partial charge in [0.15, 0.2) is 5.11 Å². The summed E-state index contributed by atoms with van der Waals surface area (Å²) in [5, 5.41) is 2.80. The summed E-state index contributed by atoms with van der Waals surface area (Å²) in [7, 11) is 0. The zero-order chi connectivity index (χ0) is 24.8. The number of hydrogen-bond donors (Lipinski definition) is 1. The Balaban J connectivity index is 1.75. The molecule has 1 saturated heterocycles. The van der Waals surface area contributed by atoms with Crippen LogP contribution in [0.25, 0.3) is 6.08 Å². The minimum absolute atomic E-state index is 0.0797. The first-order valence-corrected chi connectivity index (χ1v) is 12.4. The van der Waals surface area contributed by atoms with Gasteiger partial charge in [0.2, 0.25) is 0 Å². The lowest BCUT2D eigenvalue weighted by Gasteiger charge is -2.47. The van der Waals surface area contributed by atoms with E-state index in [9.17, 15) is 9.59 Å². The number of aryl methyl sites for hydroxylation is 2. The molecule has 2 aromatic carbocycles. The summed E-state index contributed by atoms with van der Waals surface area (Å²) >= 11 is 5.35. The number of thiocarbonyl (C=S) groups is 1. The first-order chi connectivity index (χ1) is 16.1. The average Bonchev–Trinajstić information content (AvgIpc) is 2.77. The first-order valence-electron chi connectivity index (χ1n) is 12.0. The fraction of sp³-hybridized carbons (Fsp3) is 0.393. The quantitative estimate of drug-likeness (QED) is 0.360. The molecule has 178 valence electrons. The van der Waals surface area contributed by atoms with Crippen molar-refractivity contribution in [3.05, 3.63) is 64.2 Å². The SMILES string of the molecule is CCc1ccc(N2C(=O)/C(=C/c3cc4c(cc3C)N(CC)C(C)(C)C[C@@H]4C)C(=O)NC2=S)cc1. The van der Waals surface area contributed by atoms with Gasteiger partial charge in [-0.1, -0.05) is 26.0 Å². The number of hydrogen-bond acceptors (Lipinski definition) is 4. The minimum Gasteiger partial charge on any atom is -0.366 e. The van der Waals surface area contributed by atoms with E-state index in [1.54, 1.807) is 6.08 Å². The smallest absolute Gasteiger partial charge is 0.270 e. The molecule has 1 atom stereocenters. The third-order valence-electron chi connectivity index (χ3n) is 7.09. The minimum atomic E-state index is -0.460. The molecule has 4 rings (SSSR count). The number of nitrogens with one attached hydrogen (secondary N) is 1. The molecule has 2 aliphatic heterocycles. The fourth-order valence-electron chi connectivity index (χ4n) is 5.33. The Labute approximate surface area is 207 Å². The second-order valence-electron chi connectivity index (χ2n) is 9.91. The van der Waals surface area contributed by atoms with E-state index in [4.69, 9.17) is 12.2 Å². The molecule has 0 aromatic heterocycles. The number of anilines is 2. The van der Waals surface area contributed by atoms with Gasteiger partial charge in [0.25, 0.3) is 11.8 Å². The molecule has 2 aromatic rings. The Morgan fingerprint density at radius 3 is 2.44 bits per heavy atom. The van der Waals surface area contributed by atoms with E-state index < -0.39 is 11.8 Å². The number of fused-ring (bicyclic) bond motifs is 1. The third-order valence-corrected chi connectivity index (χ3v) is 7.38. The van der Waals surface area contributed by atoms with Crippen LogP contribution in [-0.2, 0) is 16.0 Å². The molecular formula is C28H33N3O2S. The van der Waals surface area contributed by atoms with Crippen molar-refractivity contribution in [1.82, 2.24) is 5.32 Å². The highest BCUT2D eigenvalue weighted by Gasteiger charge is 2.37. The topological polar surface area (TPSA) is 52.7 Å². The molecule has 0 spiro atoms. The number of benzene rings is 2. The van der Waals surface area contributed by atoms with Gasteiger partial charge in [-0.15, -0.1) is 0 Å². The summed E-state index contributed by atoms with van der Waals surface area (Å²) in [6.45, 7) is 14.0. The standard InChI is InChI=1S/C28H33N3O2S/c1-7-19-9-11-21(12-10-19)31-26(33)23(25(32)29-27(31)34)15-20-14-22-18(4)16-28(5,6)30(8-2)24(22)13-17(20)3/h9-15,18H,7-8,16H2,1-6H3,(H,29,32,34)/b23-15+/t18-/m0/s1. The molecule has 5 nitrogen and oxygen atoms in total. The fourth-order valence-corrected chi connectivity index (χ4v) is 5.61. The summed E-state index contributed by atoms with van der Waals surface area (Å²) in [4.78, 5) is 30.1. The predicted octanol–water partition coefficient (Wildman–Crippen LogP) is 5.50. The van der Waals surface area contributed by atoms with Crippen LogP contribution in [-0.4, -0.2) is 29.0 Å². The molecule has 0 aliphatic carbocycles. The van der Waals surface area contributed by atoms with Crippen LogP contribution in [0.5, 0.6) is 0 Å². The summed E-state index contributed by atoms with van der Waals surface area (Å²) in [6.07, 6.45) is 3.66. The van der Waals surface area contributed by atoms with Gasteiger partial charge in [0.05, 0.1) is 5.69 Å². The predicted molar refractivity (Wildman–Crippen MR) is 143 cm³/mol. The monoisotopic (exact) mass is 475 g/mol. The van der Waals surface area contributed by atoms with Crippen molar-refractivity contribution >= 4 is 46.6 Å². The number of amides is 2. The number of carbonyl (C=O) groups excluding carboxylic acids is 2. The Morgan fingerprint density at radius 1 is 1.15 bits per heavy atom. The lowest BCUT2D eigenvalue weighted by atomic mass is 9.79. The van der Waals surface area contributed by atoms with Crippen molar-refractivity contribution in [2.75, 3.05) is 16.3 Å². The highest BCUT2D eigenvalue weighted by atomic mass is 32.1. The van der Waals surface area contributed by atoms with Gasteiger partial charge >= 0.3 is 0 Å². The Kier molecular flexibility index (Phi) is 6.38. The maximum atomic E-state index is 13.5. The number of carbonyl (C=O) groups is 2. The lowest BCUT2D eigenvalue weighted by Crippen LogP contribution is -2.54. The highest BCUT2D eigenvalue weighted by Crippen LogP contribution is 2.44. The molecule has 34 heavy (non-hydrogen) atoms. The molecule has 0 radical (unpaired) electrons. The molecule has 2 amide bonds. The normalized spacial score (nSPS) is 21.1. The van der Waals surface area contributed by atoms with Crippen LogP contribution < -0.4 is 15.1 Å². The summed E-state index contributed by atoms with van der Waals surface area (Å²) in [5.41, 5.74) is 6.39. The first kappa shape index (κ1) is 24.1. The zero-order valence-electron chi connectivity index (χ0n) is 20.9. The van der Waals surface area contributed by atoms with Crippen molar-refractivity contribution in [3.8, 4) is 0 Å². The molecule has 1 N–H and O–H groups in total. The number of rotatable bonds is 4. The largest absolute Gasteiger partial charge is 0.366 e. The van der Waals surface area contributed by atoms with Gasteiger partial charge in [-0.3, -0.25) is 19.8 Å². The molecule has 1 fully saturated rings. The van der Waals surface area contributed by atoms with Gasteiger partial charge in [0.1, 0.15) is 5.57 Å². The summed E-state index contributed by atoms with van der Waals surface area (Å²) < 4.78 is 0. The van der Waals surface area contributed by atoms with Crippen LogP contribution in [0.1, 0.15) is 69.2 Å². The Hall–Kier alpha value is -2.99. The molecule has 6 heteroatoms. The van der Waals surface area contributed by atoms with Crippen LogP contribution in [0.4, 0.5) is 11.4 Å². The van der Waals surface area contributed by atoms with Crippen molar-refractivity contribution in [3.63, 3.8) is 0 Å². The van der Waals surface area contributed by atoms with Crippen molar-refractivity contribution in [1.29, 1.82) is 0 Å². The lowest BCUT2D eigenvalue weighted by molar-refractivity contribution is -0.122. The van der Waals surface area contributed by atoms with Gasteiger partial charge in [-0.2, -0.15) is 0 Å². The molecule has 0 unspecified atom stereocenters. The van der Waals surface area contributed by atoms with Gasteiger partial charge in [-0.05, 0) is 111 Å². The molecule has 2 aliphatic rings. The second-order valence-corrected chi connectivity index (χ2v) is 10.3. The molecule has 0 bridgehead atoms. The van der Waals surface area contributed by atoms with E-state index in [-0.39, 0.29) is 16.2 Å². The van der Waals surface area contributed by atoms with E-state index in [0.717, 1.165) is 30.5 Å². The van der Waals surface area contributed by atoms with Crippen LogP contribution >= 0.6 is 12.2 Å². The van der Waals surface area contributed by atoms with Crippen LogP contribution in [0, 0.1) is 6.92 Å². The van der Waals surface area contributed by atoms with E-state index in [0.29, 0.717) is 11.6 Å². The van der Waals surface area contributed by atoms with Crippen LogP contribution in [0.15, 0.2) is 42.0 Å². The van der Waals surface area contributed by atoms with Crippen LogP contribution in [0.2, 0.25) is 0 Å². The summed E-state index contributed by atoms with van der Waals surface area (Å²) in [5.74, 6) is -0.486. The Morgan fingerprint density at radius 2 is 1.82 bits per heavy atom. The Bertz CT molecular complexity index is 1200. The second kappa shape index (κ2) is 8.99. The van der Waals surface area contributed by atoms with Gasteiger partial charge < -0.3 is 4.90 Å².